The van der Waals surface area contributed by atoms with Crippen LogP contribution < -0.4 is 11.1 Å². The molecule has 0 aromatic carbocycles. The van der Waals surface area contributed by atoms with E-state index in [0.29, 0.717) is 31.2 Å². The van der Waals surface area contributed by atoms with E-state index in [4.69, 9.17) is 22.7 Å². The largest absolute Gasteiger partial charge is 0.392 e. The van der Waals surface area contributed by atoms with E-state index in [2.05, 4.69) is 5.32 Å². The van der Waals surface area contributed by atoms with Gasteiger partial charge in [0.15, 0.2) is 0 Å². The fraction of sp³-hybridized carbons (Fsp3) is 0.800. The van der Waals surface area contributed by atoms with Crippen LogP contribution in [0.25, 0.3) is 0 Å². The molecule has 0 aromatic heterocycles. The molecule has 0 aliphatic carbocycles. The fourth-order valence-corrected chi connectivity index (χ4v) is 1.32. The summed E-state index contributed by atoms with van der Waals surface area (Å²) in [6, 6.07) is 0.231. The molecule has 0 heterocycles. The van der Waals surface area contributed by atoms with Gasteiger partial charge in [-0.2, -0.15) is 0 Å². The van der Waals surface area contributed by atoms with Gasteiger partial charge in [-0.1, -0.05) is 12.2 Å². The number of nitrogens with zero attached hydrogens (tertiary/aromatic N) is 1. The zero-order chi connectivity index (χ0) is 12.6. The maximum Gasteiger partial charge on any atom is 0.234 e. The van der Waals surface area contributed by atoms with Crippen molar-refractivity contribution in [1.82, 2.24) is 10.2 Å². The molecule has 94 valence electrons. The number of hydrogen-bond donors (Lipinski definition) is 2. The van der Waals surface area contributed by atoms with Crippen LogP contribution in [0.3, 0.4) is 0 Å². The van der Waals surface area contributed by atoms with Gasteiger partial charge in [-0.3, -0.25) is 9.69 Å². The average Bonchev–Trinajstić information content (AvgIpc) is 2.16. The molecule has 1 amide bonds. The Morgan fingerprint density at radius 3 is 2.56 bits per heavy atom. The quantitative estimate of drug-likeness (QED) is 0.457. The number of ether oxygens (including phenoxy) is 1. The summed E-state index contributed by atoms with van der Waals surface area (Å²) < 4.78 is 4.84. The highest BCUT2D eigenvalue weighted by atomic mass is 32.1. The topological polar surface area (TPSA) is 67.6 Å². The Bertz CT molecular complexity index is 234. The van der Waals surface area contributed by atoms with Crippen LogP contribution in [-0.4, -0.2) is 55.2 Å². The monoisotopic (exact) mass is 247 g/mol. The van der Waals surface area contributed by atoms with Crippen LogP contribution in [0.1, 0.15) is 13.8 Å². The van der Waals surface area contributed by atoms with E-state index in [0.717, 1.165) is 0 Å². The molecule has 0 saturated heterocycles. The van der Waals surface area contributed by atoms with E-state index >= 15 is 0 Å². The van der Waals surface area contributed by atoms with Crippen LogP contribution >= 0.6 is 12.2 Å². The minimum atomic E-state index is -0.0398. The van der Waals surface area contributed by atoms with Crippen LogP contribution in [0, 0.1) is 0 Å². The Hall–Kier alpha value is -0.720. The van der Waals surface area contributed by atoms with Crippen molar-refractivity contribution in [3.63, 3.8) is 0 Å². The Labute approximate surface area is 102 Å². The van der Waals surface area contributed by atoms with Gasteiger partial charge in [-0.05, 0) is 13.8 Å². The number of methoxy groups -OCH3 is 1. The van der Waals surface area contributed by atoms with Gasteiger partial charge in [-0.25, -0.2) is 0 Å². The summed E-state index contributed by atoms with van der Waals surface area (Å²) in [5, 5.41) is 2.75. The summed E-state index contributed by atoms with van der Waals surface area (Å²) in [4.78, 5) is 13.8. The Balaban J connectivity index is 3.98. The second kappa shape index (κ2) is 8.43. The lowest BCUT2D eigenvalue weighted by Crippen LogP contribution is -2.44. The van der Waals surface area contributed by atoms with E-state index < -0.39 is 0 Å². The average molecular weight is 247 g/mol. The van der Waals surface area contributed by atoms with Crippen LogP contribution in [0.15, 0.2) is 0 Å². The van der Waals surface area contributed by atoms with Crippen molar-refractivity contribution < 1.29 is 9.53 Å². The molecule has 5 nitrogen and oxygen atoms in total. The molecule has 0 aliphatic heterocycles. The highest BCUT2D eigenvalue weighted by Crippen LogP contribution is 1.97. The first kappa shape index (κ1) is 15.3. The molecule has 0 bridgehead atoms. The molecule has 0 saturated carbocycles. The second-order valence-electron chi connectivity index (χ2n) is 3.81. The zero-order valence-corrected chi connectivity index (χ0v) is 11.0. The van der Waals surface area contributed by atoms with Gasteiger partial charge < -0.3 is 15.8 Å². The predicted molar refractivity (Wildman–Crippen MR) is 68.4 cm³/mol. The number of amides is 1. The fourth-order valence-electron chi connectivity index (χ4n) is 1.15. The molecule has 0 rings (SSSR count). The molecular formula is C10H21N3O2S. The highest BCUT2D eigenvalue weighted by Gasteiger charge is 2.14. The van der Waals surface area contributed by atoms with Gasteiger partial charge in [0.1, 0.15) is 0 Å². The van der Waals surface area contributed by atoms with E-state index in [1.54, 1.807) is 7.11 Å². The van der Waals surface area contributed by atoms with Crippen molar-refractivity contribution in [3.05, 3.63) is 0 Å². The van der Waals surface area contributed by atoms with Gasteiger partial charge in [0.25, 0.3) is 0 Å². The highest BCUT2D eigenvalue weighted by molar-refractivity contribution is 7.80. The van der Waals surface area contributed by atoms with E-state index in [9.17, 15) is 4.79 Å². The summed E-state index contributed by atoms with van der Waals surface area (Å²) in [5.74, 6) is -0.0398. The van der Waals surface area contributed by atoms with Crippen LogP contribution in [0.4, 0.5) is 0 Å². The Morgan fingerprint density at radius 2 is 2.12 bits per heavy atom. The van der Waals surface area contributed by atoms with Crippen molar-refractivity contribution in [3.8, 4) is 0 Å². The summed E-state index contributed by atoms with van der Waals surface area (Å²) in [6.45, 7) is 5.81. The van der Waals surface area contributed by atoms with Crippen LogP contribution in [-0.2, 0) is 9.53 Å². The summed E-state index contributed by atoms with van der Waals surface area (Å²) in [5.41, 5.74) is 5.47. The number of rotatable bonds is 8. The van der Waals surface area contributed by atoms with Crippen molar-refractivity contribution in [1.29, 1.82) is 0 Å². The molecular weight excluding hydrogens is 226 g/mol. The summed E-state index contributed by atoms with van der Waals surface area (Å²) in [6.07, 6.45) is 0. The standard InChI is InChI=1S/C10H21N3O2S/c1-8(2)13(6-9(11)16)7-10(14)12-4-5-15-3/h8H,4-7H2,1-3H3,(H2,11,16)(H,12,14). The normalized spacial score (nSPS) is 10.8. The summed E-state index contributed by atoms with van der Waals surface area (Å²) >= 11 is 4.83. The van der Waals surface area contributed by atoms with Crippen molar-refractivity contribution in [2.75, 3.05) is 33.4 Å². The van der Waals surface area contributed by atoms with Crippen LogP contribution in [0.5, 0.6) is 0 Å². The van der Waals surface area contributed by atoms with Gasteiger partial charge in [0.2, 0.25) is 5.91 Å². The first-order chi connectivity index (χ1) is 7.47. The van der Waals surface area contributed by atoms with Crippen molar-refractivity contribution in [2.45, 2.75) is 19.9 Å². The number of carbonyl (C=O) groups is 1. The minimum absolute atomic E-state index is 0.0398. The first-order valence-corrected chi connectivity index (χ1v) is 5.66. The lowest BCUT2D eigenvalue weighted by atomic mass is 10.3. The van der Waals surface area contributed by atoms with Gasteiger partial charge in [0, 0.05) is 26.2 Å². The molecule has 6 heteroatoms. The zero-order valence-electron chi connectivity index (χ0n) is 10.2. The maximum absolute atomic E-state index is 11.5. The first-order valence-electron chi connectivity index (χ1n) is 5.25. The number of hydrogen-bond acceptors (Lipinski definition) is 4. The maximum atomic E-state index is 11.5. The third kappa shape index (κ3) is 7.56. The Kier molecular flexibility index (Phi) is 8.05. The number of nitrogens with one attached hydrogen (secondary N) is 1. The van der Waals surface area contributed by atoms with Crippen molar-refractivity contribution in [2.24, 2.45) is 5.73 Å². The SMILES string of the molecule is COCCNC(=O)CN(CC(N)=S)C(C)C. The molecule has 3 N–H and O–H groups in total. The third-order valence-corrected chi connectivity index (χ3v) is 2.19. The molecule has 0 aliphatic rings. The smallest absolute Gasteiger partial charge is 0.234 e. The second-order valence-corrected chi connectivity index (χ2v) is 4.33. The third-order valence-electron chi connectivity index (χ3n) is 2.06. The molecule has 16 heavy (non-hydrogen) atoms. The van der Waals surface area contributed by atoms with Crippen LogP contribution in [0.2, 0.25) is 0 Å². The minimum Gasteiger partial charge on any atom is -0.392 e. The number of thiocarbonyl (C=S) groups is 1. The number of nitrogens with two attached hydrogens (primary N) is 1. The molecule has 0 atom stereocenters. The van der Waals surface area contributed by atoms with Crippen molar-refractivity contribution >= 4 is 23.1 Å². The molecule has 0 unspecified atom stereocenters. The molecule has 0 fully saturated rings. The lowest BCUT2D eigenvalue weighted by molar-refractivity contribution is -0.122. The Morgan fingerprint density at radius 1 is 1.50 bits per heavy atom. The van der Waals surface area contributed by atoms with E-state index in [1.165, 1.54) is 0 Å². The number of carbonyl (C=O) groups excluding carboxylic acids is 1. The molecule has 0 aromatic rings. The predicted octanol–water partition coefficient (Wildman–Crippen LogP) is -0.254. The van der Waals surface area contributed by atoms with E-state index in [-0.39, 0.29) is 11.9 Å². The van der Waals surface area contributed by atoms with Gasteiger partial charge in [-0.15, -0.1) is 0 Å². The van der Waals surface area contributed by atoms with Gasteiger partial charge >= 0.3 is 0 Å². The summed E-state index contributed by atoms with van der Waals surface area (Å²) in [7, 11) is 1.60. The van der Waals surface area contributed by atoms with E-state index in [1.807, 2.05) is 18.7 Å². The van der Waals surface area contributed by atoms with Gasteiger partial charge in [0.05, 0.1) is 18.1 Å². The lowest BCUT2D eigenvalue weighted by Gasteiger charge is -2.25. The molecule has 0 spiro atoms. The molecule has 0 radical (unpaired) electrons.